The maximum absolute atomic E-state index is 9.74. The molecular formula is C14H16N2O. The fourth-order valence-electron chi connectivity index (χ4n) is 1.72. The van der Waals surface area contributed by atoms with E-state index in [0.717, 1.165) is 11.4 Å². The molecule has 88 valence electrons. The lowest BCUT2D eigenvalue weighted by Gasteiger charge is -2.19. The Morgan fingerprint density at radius 3 is 2.53 bits per heavy atom. The summed E-state index contributed by atoms with van der Waals surface area (Å²) in [6.07, 6.45) is 0. The van der Waals surface area contributed by atoms with Crippen LogP contribution in [0.1, 0.15) is 11.4 Å². The smallest absolute Gasteiger partial charge is 0.138 e. The number of nitrogens with zero attached hydrogens (tertiary/aromatic N) is 2. The van der Waals surface area contributed by atoms with Gasteiger partial charge in [-0.2, -0.15) is 0 Å². The lowest BCUT2D eigenvalue weighted by molar-refractivity contribution is 0.463. The number of aromatic nitrogens is 1. The first-order valence-corrected chi connectivity index (χ1v) is 5.58. The Balaban J connectivity index is 2.18. The summed E-state index contributed by atoms with van der Waals surface area (Å²) in [5.41, 5.74) is 2.73. The highest BCUT2D eigenvalue weighted by Gasteiger charge is 2.07. The SMILES string of the molecule is Cc1ccc(O)c(CN(C)c2ccccc2)n1. The van der Waals surface area contributed by atoms with Crippen LogP contribution in [0, 0.1) is 6.92 Å². The van der Waals surface area contributed by atoms with Gasteiger partial charge in [-0.25, -0.2) is 0 Å². The van der Waals surface area contributed by atoms with Gasteiger partial charge < -0.3 is 10.0 Å². The minimum atomic E-state index is 0.249. The normalized spacial score (nSPS) is 10.2. The number of para-hydroxylation sites is 1. The van der Waals surface area contributed by atoms with Crippen molar-refractivity contribution in [1.82, 2.24) is 4.98 Å². The third-order valence-corrected chi connectivity index (χ3v) is 2.67. The molecule has 0 aliphatic carbocycles. The van der Waals surface area contributed by atoms with Crippen molar-refractivity contribution in [2.45, 2.75) is 13.5 Å². The average Bonchev–Trinajstić information content (AvgIpc) is 2.35. The number of benzene rings is 1. The van der Waals surface area contributed by atoms with E-state index in [1.165, 1.54) is 0 Å². The monoisotopic (exact) mass is 228 g/mol. The van der Waals surface area contributed by atoms with Crippen molar-refractivity contribution in [3.63, 3.8) is 0 Å². The van der Waals surface area contributed by atoms with Crippen molar-refractivity contribution in [2.75, 3.05) is 11.9 Å². The van der Waals surface area contributed by atoms with E-state index < -0.39 is 0 Å². The molecule has 1 aromatic heterocycles. The third kappa shape index (κ3) is 2.75. The fraction of sp³-hybridized carbons (Fsp3) is 0.214. The second-order valence-corrected chi connectivity index (χ2v) is 4.11. The zero-order chi connectivity index (χ0) is 12.3. The molecule has 0 amide bonds. The number of pyridine rings is 1. The van der Waals surface area contributed by atoms with E-state index >= 15 is 0 Å². The van der Waals surface area contributed by atoms with E-state index in [2.05, 4.69) is 9.88 Å². The third-order valence-electron chi connectivity index (χ3n) is 2.67. The van der Waals surface area contributed by atoms with Gasteiger partial charge in [0, 0.05) is 18.4 Å². The molecule has 1 heterocycles. The maximum atomic E-state index is 9.74. The molecule has 1 N–H and O–H groups in total. The standard InChI is InChI=1S/C14H16N2O/c1-11-8-9-14(17)13(15-11)10-16(2)12-6-4-3-5-7-12/h3-9,17H,10H2,1-2H3. The lowest BCUT2D eigenvalue weighted by Crippen LogP contribution is -2.17. The number of aromatic hydroxyl groups is 1. The maximum Gasteiger partial charge on any atom is 0.138 e. The Hall–Kier alpha value is -2.03. The molecule has 2 rings (SSSR count). The number of hydrogen-bond donors (Lipinski definition) is 1. The summed E-state index contributed by atoms with van der Waals surface area (Å²) in [6.45, 7) is 2.52. The first kappa shape index (κ1) is 11.5. The van der Waals surface area contributed by atoms with Gasteiger partial charge in [0.25, 0.3) is 0 Å². The molecule has 1 aromatic carbocycles. The largest absolute Gasteiger partial charge is 0.506 e. The van der Waals surface area contributed by atoms with Crippen LogP contribution in [0.15, 0.2) is 42.5 Å². The Morgan fingerprint density at radius 2 is 1.82 bits per heavy atom. The quantitative estimate of drug-likeness (QED) is 0.877. The second kappa shape index (κ2) is 4.87. The molecule has 0 fully saturated rings. The Morgan fingerprint density at radius 1 is 1.12 bits per heavy atom. The molecule has 3 nitrogen and oxygen atoms in total. The van der Waals surface area contributed by atoms with Crippen LogP contribution < -0.4 is 4.90 Å². The summed E-state index contributed by atoms with van der Waals surface area (Å²) >= 11 is 0. The zero-order valence-corrected chi connectivity index (χ0v) is 10.1. The molecule has 0 saturated carbocycles. The van der Waals surface area contributed by atoms with Gasteiger partial charge in [-0.3, -0.25) is 4.98 Å². The van der Waals surface area contributed by atoms with E-state index in [9.17, 15) is 5.11 Å². The fourth-order valence-corrected chi connectivity index (χ4v) is 1.72. The van der Waals surface area contributed by atoms with Crippen molar-refractivity contribution in [3.8, 4) is 5.75 Å². The molecule has 17 heavy (non-hydrogen) atoms. The summed E-state index contributed by atoms with van der Waals surface area (Å²) in [7, 11) is 1.98. The van der Waals surface area contributed by atoms with Crippen molar-refractivity contribution >= 4 is 5.69 Å². The van der Waals surface area contributed by atoms with E-state index in [0.29, 0.717) is 12.2 Å². The minimum Gasteiger partial charge on any atom is -0.506 e. The average molecular weight is 228 g/mol. The van der Waals surface area contributed by atoms with Crippen LogP contribution in [0.4, 0.5) is 5.69 Å². The number of anilines is 1. The van der Waals surface area contributed by atoms with Crippen LogP contribution >= 0.6 is 0 Å². The van der Waals surface area contributed by atoms with Crippen molar-refractivity contribution in [1.29, 1.82) is 0 Å². The Bertz CT molecular complexity index is 497. The van der Waals surface area contributed by atoms with E-state index in [1.54, 1.807) is 12.1 Å². The number of rotatable bonds is 3. The van der Waals surface area contributed by atoms with Gasteiger partial charge in [0.15, 0.2) is 0 Å². The van der Waals surface area contributed by atoms with Gasteiger partial charge in [-0.15, -0.1) is 0 Å². The molecule has 0 saturated heterocycles. The predicted molar refractivity (Wildman–Crippen MR) is 69.2 cm³/mol. The summed E-state index contributed by atoms with van der Waals surface area (Å²) in [6, 6.07) is 13.5. The molecule has 0 bridgehead atoms. The molecule has 0 aliphatic heterocycles. The summed E-state index contributed by atoms with van der Waals surface area (Å²) in [5.74, 6) is 0.249. The van der Waals surface area contributed by atoms with Gasteiger partial charge in [0.05, 0.1) is 6.54 Å². The predicted octanol–water partition coefficient (Wildman–Crippen LogP) is 2.73. The van der Waals surface area contributed by atoms with Crippen LogP contribution in [-0.2, 0) is 6.54 Å². The van der Waals surface area contributed by atoms with E-state index in [1.807, 2.05) is 44.3 Å². The van der Waals surface area contributed by atoms with Gasteiger partial charge in [-0.1, -0.05) is 18.2 Å². The molecule has 0 unspecified atom stereocenters. The summed E-state index contributed by atoms with van der Waals surface area (Å²) in [5, 5.41) is 9.74. The molecule has 0 aliphatic rings. The van der Waals surface area contributed by atoms with Gasteiger partial charge in [0.2, 0.25) is 0 Å². The highest BCUT2D eigenvalue weighted by molar-refractivity contribution is 5.46. The van der Waals surface area contributed by atoms with Crippen LogP contribution in [0.3, 0.4) is 0 Å². The first-order chi connectivity index (χ1) is 8.16. The number of aryl methyl sites for hydroxylation is 1. The Kier molecular flexibility index (Phi) is 3.28. The summed E-state index contributed by atoms with van der Waals surface area (Å²) in [4.78, 5) is 6.40. The van der Waals surface area contributed by atoms with Crippen LogP contribution in [0.2, 0.25) is 0 Å². The lowest BCUT2D eigenvalue weighted by atomic mass is 10.2. The summed E-state index contributed by atoms with van der Waals surface area (Å²) < 4.78 is 0. The van der Waals surface area contributed by atoms with E-state index in [4.69, 9.17) is 0 Å². The van der Waals surface area contributed by atoms with Gasteiger partial charge >= 0.3 is 0 Å². The second-order valence-electron chi connectivity index (χ2n) is 4.11. The van der Waals surface area contributed by atoms with E-state index in [-0.39, 0.29) is 5.75 Å². The zero-order valence-electron chi connectivity index (χ0n) is 10.1. The molecule has 0 atom stereocenters. The van der Waals surface area contributed by atoms with Crippen molar-refractivity contribution in [3.05, 3.63) is 53.9 Å². The Labute approximate surface area is 101 Å². The van der Waals surface area contributed by atoms with Gasteiger partial charge in [0.1, 0.15) is 11.4 Å². The first-order valence-electron chi connectivity index (χ1n) is 5.58. The van der Waals surface area contributed by atoms with Crippen LogP contribution in [0.5, 0.6) is 5.75 Å². The van der Waals surface area contributed by atoms with Crippen molar-refractivity contribution in [2.24, 2.45) is 0 Å². The van der Waals surface area contributed by atoms with Crippen LogP contribution in [-0.4, -0.2) is 17.1 Å². The molecule has 0 radical (unpaired) electrons. The van der Waals surface area contributed by atoms with Crippen molar-refractivity contribution < 1.29 is 5.11 Å². The van der Waals surface area contributed by atoms with Crippen LogP contribution in [0.25, 0.3) is 0 Å². The molecular weight excluding hydrogens is 212 g/mol. The highest BCUT2D eigenvalue weighted by Crippen LogP contribution is 2.19. The number of hydrogen-bond acceptors (Lipinski definition) is 3. The topological polar surface area (TPSA) is 36.4 Å². The molecule has 2 aromatic rings. The van der Waals surface area contributed by atoms with Gasteiger partial charge in [-0.05, 0) is 31.2 Å². The molecule has 3 heteroatoms. The highest BCUT2D eigenvalue weighted by atomic mass is 16.3. The molecule has 0 spiro atoms. The minimum absolute atomic E-state index is 0.249.